The molecule has 2 rings (SSSR count). The monoisotopic (exact) mass is 292 g/mol. The molecule has 0 aromatic heterocycles. The summed E-state index contributed by atoms with van der Waals surface area (Å²) in [4.78, 5) is 2.26. The molecule has 1 aromatic rings. The lowest BCUT2D eigenvalue weighted by molar-refractivity contribution is -0.00794. The van der Waals surface area contributed by atoms with Gasteiger partial charge in [0, 0.05) is 19.7 Å². The van der Waals surface area contributed by atoms with E-state index in [1.165, 1.54) is 12.8 Å². The maximum atomic E-state index is 9.96. The summed E-state index contributed by atoms with van der Waals surface area (Å²) < 4.78 is 5.81. The SMILES string of the molecule is CNC(CO)(CN(C)CC1CCCCO1)c1ccccc1. The lowest BCUT2D eigenvalue weighted by atomic mass is 9.90. The quantitative estimate of drug-likeness (QED) is 0.801. The average Bonchev–Trinajstić information content (AvgIpc) is 2.54. The first-order valence-electron chi connectivity index (χ1n) is 7.85. The summed E-state index contributed by atoms with van der Waals surface area (Å²) >= 11 is 0. The number of benzene rings is 1. The van der Waals surface area contributed by atoms with E-state index in [9.17, 15) is 5.11 Å². The molecule has 0 spiro atoms. The average molecular weight is 292 g/mol. The number of rotatable bonds is 7. The zero-order valence-electron chi connectivity index (χ0n) is 13.2. The molecule has 4 heteroatoms. The van der Waals surface area contributed by atoms with Crippen molar-refractivity contribution in [1.82, 2.24) is 10.2 Å². The van der Waals surface area contributed by atoms with Gasteiger partial charge in [-0.2, -0.15) is 0 Å². The first kappa shape index (κ1) is 16.4. The zero-order valence-corrected chi connectivity index (χ0v) is 13.2. The topological polar surface area (TPSA) is 44.7 Å². The highest BCUT2D eigenvalue weighted by molar-refractivity contribution is 5.25. The fourth-order valence-corrected chi connectivity index (χ4v) is 3.12. The third kappa shape index (κ3) is 4.27. The maximum absolute atomic E-state index is 9.96. The summed E-state index contributed by atoms with van der Waals surface area (Å²) in [5, 5.41) is 13.3. The van der Waals surface area contributed by atoms with Crippen molar-refractivity contribution < 1.29 is 9.84 Å². The van der Waals surface area contributed by atoms with E-state index in [2.05, 4.69) is 29.4 Å². The van der Waals surface area contributed by atoms with Gasteiger partial charge < -0.3 is 20.1 Å². The Morgan fingerprint density at radius 1 is 1.33 bits per heavy atom. The molecule has 1 aromatic carbocycles. The molecule has 1 aliphatic heterocycles. The van der Waals surface area contributed by atoms with Gasteiger partial charge in [-0.15, -0.1) is 0 Å². The molecular weight excluding hydrogens is 264 g/mol. The highest BCUT2D eigenvalue weighted by Gasteiger charge is 2.31. The predicted octanol–water partition coefficient (Wildman–Crippen LogP) is 1.59. The first-order chi connectivity index (χ1) is 10.2. The molecule has 1 aliphatic rings. The molecule has 0 saturated carbocycles. The molecule has 118 valence electrons. The van der Waals surface area contributed by atoms with Crippen molar-refractivity contribution in [2.75, 3.05) is 40.4 Å². The third-order valence-electron chi connectivity index (χ3n) is 4.40. The number of hydrogen-bond donors (Lipinski definition) is 2. The van der Waals surface area contributed by atoms with Crippen LogP contribution in [0.4, 0.5) is 0 Å². The smallest absolute Gasteiger partial charge is 0.0795 e. The van der Waals surface area contributed by atoms with Gasteiger partial charge >= 0.3 is 0 Å². The van der Waals surface area contributed by atoms with E-state index in [0.717, 1.165) is 31.7 Å². The van der Waals surface area contributed by atoms with Crippen LogP contribution in [0.5, 0.6) is 0 Å². The van der Waals surface area contributed by atoms with Crippen molar-refractivity contribution in [3.05, 3.63) is 35.9 Å². The standard InChI is InChI=1S/C17H28N2O2/c1-18-17(14-20,15-8-4-3-5-9-15)13-19(2)12-16-10-6-7-11-21-16/h3-5,8-9,16,18,20H,6-7,10-14H2,1-2H3. The van der Waals surface area contributed by atoms with Crippen LogP contribution in [0.3, 0.4) is 0 Å². The van der Waals surface area contributed by atoms with Crippen LogP contribution in [0.15, 0.2) is 30.3 Å². The molecule has 2 unspecified atom stereocenters. The Morgan fingerprint density at radius 3 is 2.67 bits per heavy atom. The fraction of sp³-hybridized carbons (Fsp3) is 0.647. The van der Waals surface area contributed by atoms with E-state index in [-0.39, 0.29) is 6.61 Å². The van der Waals surface area contributed by atoms with Crippen molar-refractivity contribution in [2.24, 2.45) is 0 Å². The van der Waals surface area contributed by atoms with E-state index < -0.39 is 5.54 Å². The molecule has 0 amide bonds. The molecule has 2 atom stereocenters. The van der Waals surface area contributed by atoms with E-state index in [1.807, 2.05) is 25.2 Å². The lowest BCUT2D eigenvalue weighted by Gasteiger charge is -2.37. The summed E-state index contributed by atoms with van der Waals surface area (Å²) in [6.45, 7) is 2.62. The minimum Gasteiger partial charge on any atom is -0.394 e. The molecular formula is C17H28N2O2. The van der Waals surface area contributed by atoms with Crippen LogP contribution in [0, 0.1) is 0 Å². The van der Waals surface area contributed by atoms with Crippen LogP contribution in [0.2, 0.25) is 0 Å². The summed E-state index contributed by atoms with van der Waals surface area (Å²) in [5.41, 5.74) is 0.691. The molecule has 0 radical (unpaired) electrons. The Hall–Kier alpha value is -0.940. The van der Waals surface area contributed by atoms with Crippen LogP contribution in [0.1, 0.15) is 24.8 Å². The number of ether oxygens (including phenoxy) is 1. The summed E-state index contributed by atoms with van der Waals surface area (Å²) in [6, 6.07) is 10.2. The number of hydrogen-bond acceptors (Lipinski definition) is 4. The Morgan fingerprint density at radius 2 is 2.10 bits per heavy atom. The van der Waals surface area contributed by atoms with Gasteiger partial charge in [-0.3, -0.25) is 0 Å². The fourth-order valence-electron chi connectivity index (χ4n) is 3.12. The van der Waals surface area contributed by atoms with Crippen molar-refractivity contribution in [1.29, 1.82) is 0 Å². The van der Waals surface area contributed by atoms with E-state index in [4.69, 9.17) is 4.74 Å². The molecule has 0 bridgehead atoms. The summed E-state index contributed by atoms with van der Waals surface area (Å²) in [6.07, 6.45) is 3.91. The first-order valence-corrected chi connectivity index (χ1v) is 7.85. The van der Waals surface area contributed by atoms with Gasteiger partial charge in [0.2, 0.25) is 0 Å². The number of nitrogens with one attached hydrogen (secondary N) is 1. The summed E-state index contributed by atoms with van der Waals surface area (Å²) in [7, 11) is 4.01. The largest absolute Gasteiger partial charge is 0.394 e. The van der Waals surface area contributed by atoms with Gasteiger partial charge in [-0.05, 0) is 38.9 Å². The Bertz CT molecular complexity index is 401. The van der Waals surface area contributed by atoms with Gasteiger partial charge in [0.05, 0.1) is 18.2 Å². The molecule has 0 aliphatic carbocycles. The van der Waals surface area contributed by atoms with E-state index in [1.54, 1.807) is 0 Å². The number of aliphatic hydroxyl groups is 1. The predicted molar refractivity (Wildman–Crippen MR) is 85.4 cm³/mol. The van der Waals surface area contributed by atoms with Crippen LogP contribution in [0.25, 0.3) is 0 Å². The Kier molecular flexibility index (Phi) is 6.18. The van der Waals surface area contributed by atoms with Crippen molar-refractivity contribution in [3.8, 4) is 0 Å². The van der Waals surface area contributed by atoms with Gasteiger partial charge in [0.15, 0.2) is 0 Å². The second-order valence-electron chi connectivity index (χ2n) is 6.04. The van der Waals surface area contributed by atoms with Crippen LogP contribution in [-0.4, -0.2) is 56.5 Å². The van der Waals surface area contributed by atoms with Crippen LogP contribution >= 0.6 is 0 Å². The van der Waals surface area contributed by atoms with Gasteiger partial charge in [-0.1, -0.05) is 30.3 Å². The van der Waals surface area contributed by atoms with Crippen molar-refractivity contribution >= 4 is 0 Å². The summed E-state index contributed by atoms with van der Waals surface area (Å²) in [5.74, 6) is 0. The van der Waals surface area contributed by atoms with Crippen molar-refractivity contribution in [2.45, 2.75) is 30.9 Å². The van der Waals surface area contributed by atoms with Crippen LogP contribution in [-0.2, 0) is 10.3 Å². The molecule has 4 nitrogen and oxygen atoms in total. The van der Waals surface area contributed by atoms with E-state index >= 15 is 0 Å². The van der Waals surface area contributed by atoms with Gasteiger partial charge in [0.1, 0.15) is 0 Å². The molecule has 21 heavy (non-hydrogen) atoms. The third-order valence-corrected chi connectivity index (χ3v) is 4.40. The minimum atomic E-state index is -0.426. The highest BCUT2D eigenvalue weighted by atomic mass is 16.5. The molecule has 2 N–H and O–H groups in total. The number of aliphatic hydroxyl groups excluding tert-OH is 1. The maximum Gasteiger partial charge on any atom is 0.0795 e. The number of nitrogens with zero attached hydrogens (tertiary/aromatic N) is 1. The second-order valence-corrected chi connectivity index (χ2v) is 6.04. The number of likely N-dealkylation sites (N-methyl/N-ethyl adjacent to an activating group) is 2. The Labute approximate surface area is 128 Å². The van der Waals surface area contributed by atoms with Gasteiger partial charge in [0.25, 0.3) is 0 Å². The second kappa shape index (κ2) is 7.90. The zero-order chi connectivity index (χ0) is 15.1. The minimum absolute atomic E-state index is 0.0728. The highest BCUT2D eigenvalue weighted by Crippen LogP contribution is 2.22. The molecule has 1 saturated heterocycles. The molecule has 1 fully saturated rings. The van der Waals surface area contributed by atoms with E-state index in [0.29, 0.717) is 6.10 Å². The van der Waals surface area contributed by atoms with Crippen LogP contribution < -0.4 is 5.32 Å². The molecule has 1 heterocycles. The van der Waals surface area contributed by atoms with Crippen molar-refractivity contribution in [3.63, 3.8) is 0 Å². The normalized spacial score (nSPS) is 22.2. The van der Waals surface area contributed by atoms with Gasteiger partial charge in [-0.25, -0.2) is 0 Å². The Balaban J connectivity index is 2.01. The lowest BCUT2D eigenvalue weighted by Crippen LogP contribution is -2.52.